The van der Waals surface area contributed by atoms with Gasteiger partial charge in [-0.25, -0.2) is 0 Å². The van der Waals surface area contributed by atoms with Crippen molar-refractivity contribution in [3.05, 3.63) is 29.8 Å². The lowest BCUT2D eigenvalue weighted by Crippen LogP contribution is -2.41. The lowest BCUT2D eigenvalue weighted by Gasteiger charge is -2.22. The third-order valence-electron chi connectivity index (χ3n) is 2.69. The van der Waals surface area contributed by atoms with Crippen molar-refractivity contribution in [3.8, 4) is 5.75 Å². The number of phenols is 1. The van der Waals surface area contributed by atoms with E-state index in [0.29, 0.717) is 17.8 Å². The smallest absolute Gasteiger partial charge is 0.115 e. The Balaban J connectivity index is 2.38. The van der Waals surface area contributed by atoms with Gasteiger partial charge in [-0.2, -0.15) is 0 Å². The average molecular weight is 236 g/mol. The first-order valence-corrected chi connectivity index (χ1v) is 6.16. The maximum Gasteiger partial charge on any atom is 0.115 e. The van der Waals surface area contributed by atoms with Crippen LogP contribution in [0.1, 0.15) is 19.4 Å². The Hall–Kier alpha value is -1.06. The third-order valence-corrected chi connectivity index (χ3v) is 2.69. The van der Waals surface area contributed by atoms with Crippen LogP contribution < -0.4 is 5.32 Å². The molecule has 0 amide bonds. The van der Waals surface area contributed by atoms with E-state index in [9.17, 15) is 5.11 Å². The Kier molecular flexibility index (Phi) is 5.45. The summed E-state index contributed by atoms with van der Waals surface area (Å²) in [5.41, 5.74) is 1.25. The predicted octanol–water partition coefficient (Wildman–Crippen LogP) is 1.86. The SMILES string of the molecule is CC(Cc1ccc(O)cc1)NC(C)CN(C)C. The largest absolute Gasteiger partial charge is 0.508 e. The summed E-state index contributed by atoms with van der Waals surface area (Å²) in [5.74, 6) is 0.329. The van der Waals surface area contributed by atoms with Gasteiger partial charge in [0.1, 0.15) is 5.75 Å². The van der Waals surface area contributed by atoms with Gasteiger partial charge in [0.15, 0.2) is 0 Å². The standard InChI is InChI=1S/C14H24N2O/c1-11(15-12(2)10-16(3)4)9-13-5-7-14(17)8-6-13/h5-8,11-12,15,17H,9-10H2,1-4H3. The van der Waals surface area contributed by atoms with Crippen molar-refractivity contribution in [2.45, 2.75) is 32.4 Å². The molecule has 2 unspecified atom stereocenters. The van der Waals surface area contributed by atoms with Crippen LogP contribution in [0, 0.1) is 0 Å². The van der Waals surface area contributed by atoms with Crippen molar-refractivity contribution < 1.29 is 5.11 Å². The Morgan fingerprint density at radius 2 is 1.71 bits per heavy atom. The average Bonchev–Trinajstić information content (AvgIpc) is 2.19. The minimum absolute atomic E-state index is 0.329. The summed E-state index contributed by atoms with van der Waals surface area (Å²) in [4.78, 5) is 2.19. The number of benzene rings is 1. The van der Waals surface area contributed by atoms with Crippen LogP contribution in [-0.2, 0) is 6.42 Å². The summed E-state index contributed by atoms with van der Waals surface area (Å²) >= 11 is 0. The van der Waals surface area contributed by atoms with Crippen molar-refractivity contribution >= 4 is 0 Å². The van der Waals surface area contributed by atoms with Gasteiger partial charge in [-0.3, -0.25) is 0 Å². The summed E-state index contributed by atoms with van der Waals surface area (Å²) in [6.07, 6.45) is 0.984. The van der Waals surface area contributed by atoms with E-state index >= 15 is 0 Å². The third kappa shape index (κ3) is 5.71. The predicted molar refractivity (Wildman–Crippen MR) is 72.4 cm³/mol. The zero-order valence-electron chi connectivity index (χ0n) is 11.3. The highest BCUT2D eigenvalue weighted by Gasteiger charge is 2.08. The van der Waals surface area contributed by atoms with Crippen LogP contribution in [-0.4, -0.2) is 42.7 Å². The summed E-state index contributed by atoms with van der Waals surface area (Å²) in [5, 5.41) is 12.8. The van der Waals surface area contributed by atoms with Gasteiger partial charge >= 0.3 is 0 Å². The molecule has 1 aromatic carbocycles. The molecule has 0 saturated heterocycles. The highest BCUT2D eigenvalue weighted by atomic mass is 16.3. The van der Waals surface area contributed by atoms with Gasteiger partial charge in [-0.05, 0) is 52.1 Å². The lowest BCUT2D eigenvalue weighted by atomic mass is 10.1. The number of aromatic hydroxyl groups is 1. The van der Waals surface area contributed by atoms with Crippen LogP contribution in [0.15, 0.2) is 24.3 Å². The van der Waals surface area contributed by atoms with Crippen LogP contribution in [0.3, 0.4) is 0 Å². The quantitative estimate of drug-likeness (QED) is 0.791. The van der Waals surface area contributed by atoms with E-state index in [0.717, 1.165) is 13.0 Å². The molecular formula is C14H24N2O. The molecule has 3 heteroatoms. The first-order chi connectivity index (χ1) is 7.97. The molecule has 1 rings (SSSR count). The Labute approximate surface area is 104 Å². The molecule has 0 bridgehead atoms. The number of rotatable bonds is 6. The molecule has 96 valence electrons. The second-order valence-electron chi connectivity index (χ2n) is 5.10. The maximum atomic E-state index is 9.21. The number of nitrogens with one attached hydrogen (secondary N) is 1. The fourth-order valence-corrected chi connectivity index (χ4v) is 2.13. The minimum Gasteiger partial charge on any atom is -0.508 e. The van der Waals surface area contributed by atoms with E-state index in [2.05, 4.69) is 38.2 Å². The number of hydrogen-bond donors (Lipinski definition) is 2. The van der Waals surface area contributed by atoms with Crippen LogP contribution in [0.2, 0.25) is 0 Å². The van der Waals surface area contributed by atoms with Gasteiger partial charge in [0, 0.05) is 18.6 Å². The molecule has 2 N–H and O–H groups in total. The van der Waals surface area contributed by atoms with Crippen molar-refractivity contribution in [2.24, 2.45) is 0 Å². The van der Waals surface area contributed by atoms with Crippen molar-refractivity contribution in [1.82, 2.24) is 10.2 Å². The molecular weight excluding hydrogens is 212 g/mol. The number of likely N-dealkylation sites (N-methyl/N-ethyl adjacent to an activating group) is 1. The highest BCUT2D eigenvalue weighted by Crippen LogP contribution is 2.11. The summed E-state index contributed by atoms with van der Waals surface area (Å²) in [6, 6.07) is 8.36. The van der Waals surface area contributed by atoms with Crippen LogP contribution >= 0.6 is 0 Å². The van der Waals surface area contributed by atoms with Gasteiger partial charge in [-0.15, -0.1) is 0 Å². The van der Waals surface area contributed by atoms with Gasteiger partial charge in [0.05, 0.1) is 0 Å². The minimum atomic E-state index is 0.329. The normalized spacial score (nSPS) is 14.9. The molecule has 0 spiro atoms. The number of phenolic OH excluding ortho intramolecular Hbond substituents is 1. The molecule has 17 heavy (non-hydrogen) atoms. The Morgan fingerprint density at radius 3 is 2.24 bits per heavy atom. The van der Waals surface area contributed by atoms with Gasteiger partial charge in [0.2, 0.25) is 0 Å². The zero-order valence-corrected chi connectivity index (χ0v) is 11.3. The molecule has 0 heterocycles. The van der Waals surface area contributed by atoms with Gasteiger partial charge in [0.25, 0.3) is 0 Å². The second kappa shape index (κ2) is 6.62. The summed E-state index contributed by atoms with van der Waals surface area (Å²) in [6.45, 7) is 5.44. The summed E-state index contributed by atoms with van der Waals surface area (Å²) < 4.78 is 0. The molecule has 0 aromatic heterocycles. The van der Waals surface area contributed by atoms with E-state index in [-0.39, 0.29) is 0 Å². The van der Waals surface area contributed by atoms with E-state index in [1.807, 2.05) is 12.1 Å². The molecule has 0 aliphatic carbocycles. The second-order valence-corrected chi connectivity index (χ2v) is 5.10. The Bertz CT molecular complexity index is 321. The first-order valence-electron chi connectivity index (χ1n) is 6.16. The van der Waals surface area contributed by atoms with Gasteiger partial charge < -0.3 is 15.3 Å². The molecule has 0 aliphatic rings. The molecule has 3 nitrogen and oxygen atoms in total. The molecule has 1 aromatic rings. The Morgan fingerprint density at radius 1 is 1.12 bits per heavy atom. The van der Waals surface area contributed by atoms with Crippen LogP contribution in [0.25, 0.3) is 0 Å². The maximum absolute atomic E-state index is 9.21. The fraction of sp³-hybridized carbons (Fsp3) is 0.571. The van der Waals surface area contributed by atoms with Crippen molar-refractivity contribution in [3.63, 3.8) is 0 Å². The fourth-order valence-electron chi connectivity index (χ4n) is 2.13. The molecule has 0 fully saturated rings. The van der Waals surface area contributed by atoms with E-state index in [4.69, 9.17) is 0 Å². The lowest BCUT2D eigenvalue weighted by molar-refractivity contribution is 0.332. The highest BCUT2D eigenvalue weighted by molar-refractivity contribution is 5.26. The van der Waals surface area contributed by atoms with Crippen LogP contribution in [0.5, 0.6) is 5.75 Å². The molecule has 2 atom stereocenters. The number of hydrogen-bond acceptors (Lipinski definition) is 3. The monoisotopic (exact) mass is 236 g/mol. The van der Waals surface area contributed by atoms with Gasteiger partial charge in [-0.1, -0.05) is 12.1 Å². The zero-order chi connectivity index (χ0) is 12.8. The van der Waals surface area contributed by atoms with E-state index < -0.39 is 0 Å². The summed E-state index contributed by atoms with van der Waals surface area (Å²) in [7, 11) is 4.17. The molecule has 0 aliphatic heterocycles. The van der Waals surface area contributed by atoms with E-state index in [1.165, 1.54) is 5.56 Å². The topological polar surface area (TPSA) is 35.5 Å². The molecule has 0 saturated carbocycles. The van der Waals surface area contributed by atoms with E-state index in [1.54, 1.807) is 12.1 Å². The number of nitrogens with zero attached hydrogens (tertiary/aromatic N) is 1. The first kappa shape index (κ1) is 14.0. The molecule has 0 radical (unpaired) electrons. The van der Waals surface area contributed by atoms with Crippen molar-refractivity contribution in [2.75, 3.05) is 20.6 Å². The van der Waals surface area contributed by atoms with Crippen molar-refractivity contribution in [1.29, 1.82) is 0 Å². The van der Waals surface area contributed by atoms with Crippen LogP contribution in [0.4, 0.5) is 0 Å².